The van der Waals surface area contributed by atoms with Gasteiger partial charge in [0.15, 0.2) is 0 Å². The molecule has 0 saturated carbocycles. The van der Waals surface area contributed by atoms with Gasteiger partial charge in [-0.1, -0.05) is 41.9 Å². The van der Waals surface area contributed by atoms with Gasteiger partial charge in [0, 0.05) is 22.7 Å². The lowest BCUT2D eigenvalue weighted by Crippen LogP contribution is -2.18. The van der Waals surface area contributed by atoms with Gasteiger partial charge >= 0.3 is 0 Å². The molecule has 0 spiro atoms. The average Bonchev–Trinajstić information content (AvgIpc) is 2.97. The molecule has 2 N–H and O–H groups in total. The van der Waals surface area contributed by atoms with Crippen molar-refractivity contribution in [3.05, 3.63) is 64.0 Å². The summed E-state index contributed by atoms with van der Waals surface area (Å²) in [6, 6.07) is 14.8. The standard InChI is InChI=1S/C19H16ClN3O2S/c1-11(13-7-9-14(10-8-13)21-12(2)24)22-23-19(25)18-17(20)15-5-3-4-6-16(15)26-18/h3-10H,1-2H3,(H,21,24)(H,23,25)/b22-11-. The number of carbonyl (C=O) groups is 2. The lowest BCUT2D eigenvalue weighted by Gasteiger charge is -2.05. The Morgan fingerprint density at radius 2 is 1.73 bits per heavy atom. The Morgan fingerprint density at radius 1 is 1.04 bits per heavy atom. The molecule has 0 fully saturated rings. The minimum absolute atomic E-state index is 0.129. The molecule has 3 rings (SSSR count). The zero-order valence-electron chi connectivity index (χ0n) is 14.2. The van der Waals surface area contributed by atoms with E-state index < -0.39 is 0 Å². The molecule has 1 aromatic heterocycles. The normalized spacial score (nSPS) is 11.4. The van der Waals surface area contributed by atoms with Gasteiger partial charge in [0.2, 0.25) is 5.91 Å². The first-order chi connectivity index (χ1) is 12.5. The van der Waals surface area contributed by atoms with E-state index in [1.807, 2.05) is 36.4 Å². The zero-order chi connectivity index (χ0) is 18.7. The summed E-state index contributed by atoms with van der Waals surface area (Å²) in [6.45, 7) is 3.25. The molecule has 7 heteroatoms. The van der Waals surface area contributed by atoms with Gasteiger partial charge in [-0.3, -0.25) is 9.59 Å². The highest BCUT2D eigenvalue weighted by molar-refractivity contribution is 7.21. The van der Waals surface area contributed by atoms with Crippen LogP contribution in [0.3, 0.4) is 0 Å². The second-order valence-corrected chi connectivity index (χ2v) is 7.07. The number of hydrogen-bond donors (Lipinski definition) is 2. The Morgan fingerprint density at radius 3 is 2.38 bits per heavy atom. The lowest BCUT2D eigenvalue weighted by atomic mass is 10.1. The van der Waals surface area contributed by atoms with Crippen LogP contribution in [-0.4, -0.2) is 17.5 Å². The fourth-order valence-electron chi connectivity index (χ4n) is 2.41. The van der Waals surface area contributed by atoms with Crippen molar-refractivity contribution >= 4 is 56.2 Å². The molecule has 0 radical (unpaired) electrons. The van der Waals surface area contributed by atoms with Gasteiger partial charge in [-0.25, -0.2) is 5.43 Å². The molecule has 3 aromatic rings. The van der Waals surface area contributed by atoms with E-state index in [0.717, 1.165) is 15.6 Å². The molecule has 0 saturated heterocycles. The van der Waals surface area contributed by atoms with Crippen molar-refractivity contribution in [3.8, 4) is 0 Å². The molecule has 1 heterocycles. The van der Waals surface area contributed by atoms with E-state index in [1.54, 1.807) is 19.1 Å². The molecular weight excluding hydrogens is 370 g/mol. The van der Waals surface area contributed by atoms with Gasteiger partial charge in [-0.05, 0) is 30.7 Å². The number of benzene rings is 2. The van der Waals surface area contributed by atoms with Crippen LogP contribution in [0.4, 0.5) is 5.69 Å². The molecular formula is C19H16ClN3O2S. The number of halogens is 1. The maximum absolute atomic E-state index is 12.4. The number of nitrogens with zero attached hydrogens (tertiary/aromatic N) is 1. The van der Waals surface area contributed by atoms with E-state index in [4.69, 9.17) is 11.6 Å². The fraction of sp³-hybridized carbons (Fsp3) is 0.105. The summed E-state index contributed by atoms with van der Waals surface area (Å²) < 4.78 is 0.955. The molecule has 0 aliphatic carbocycles. The number of anilines is 1. The Balaban J connectivity index is 1.74. The highest BCUT2D eigenvalue weighted by atomic mass is 35.5. The van der Waals surface area contributed by atoms with Gasteiger partial charge in [0.1, 0.15) is 4.88 Å². The van der Waals surface area contributed by atoms with Crippen LogP contribution in [0.1, 0.15) is 29.1 Å². The molecule has 132 valence electrons. The molecule has 5 nitrogen and oxygen atoms in total. The Labute approximate surface area is 159 Å². The van der Waals surface area contributed by atoms with Crippen molar-refractivity contribution < 1.29 is 9.59 Å². The van der Waals surface area contributed by atoms with Crippen LogP contribution in [0.5, 0.6) is 0 Å². The monoisotopic (exact) mass is 385 g/mol. The average molecular weight is 386 g/mol. The molecule has 0 atom stereocenters. The molecule has 0 bridgehead atoms. The number of rotatable bonds is 4. The third-order valence-electron chi connectivity index (χ3n) is 3.69. The maximum atomic E-state index is 12.4. The molecule has 2 amide bonds. The van der Waals surface area contributed by atoms with E-state index in [-0.39, 0.29) is 11.8 Å². The first-order valence-corrected chi connectivity index (χ1v) is 9.05. The van der Waals surface area contributed by atoms with Crippen LogP contribution in [0.25, 0.3) is 10.1 Å². The van der Waals surface area contributed by atoms with E-state index >= 15 is 0 Å². The maximum Gasteiger partial charge on any atom is 0.283 e. The van der Waals surface area contributed by atoms with Gasteiger partial charge in [-0.15, -0.1) is 11.3 Å². The topological polar surface area (TPSA) is 70.6 Å². The first-order valence-electron chi connectivity index (χ1n) is 7.85. The van der Waals surface area contributed by atoms with Crippen LogP contribution in [0, 0.1) is 0 Å². The highest BCUT2D eigenvalue weighted by Crippen LogP contribution is 2.34. The predicted octanol–water partition coefficient (Wildman–Crippen LogP) is 4.67. The summed E-state index contributed by atoms with van der Waals surface area (Å²) in [7, 11) is 0. The third-order valence-corrected chi connectivity index (χ3v) is 5.36. The number of hydrogen-bond acceptors (Lipinski definition) is 4. The largest absolute Gasteiger partial charge is 0.326 e. The summed E-state index contributed by atoms with van der Waals surface area (Å²) in [5.41, 5.74) is 4.73. The number of carbonyl (C=O) groups excluding carboxylic acids is 2. The van der Waals surface area contributed by atoms with Gasteiger partial charge in [0.25, 0.3) is 5.91 Å². The van der Waals surface area contributed by atoms with Crippen molar-refractivity contribution in [1.82, 2.24) is 5.43 Å². The van der Waals surface area contributed by atoms with Crippen molar-refractivity contribution in [2.24, 2.45) is 5.10 Å². The van der Waals surface area contributed by atoms with Crippen LogP contribution in [0.2, 0.25) is 5.02 Å². The van der Waals surface area contributed by atoms with Gasteiger partial charge in [-0.2, -0.15) is 5.10 Å². The number of amides is 2. The van der Waals surface area contributed by atoms with Crippen molar-refractivity contribution in [2.45, 2.75) is 13.8 Å². The van der Waals surface area contributed by atoms with Gasteiger partial charge < -0.3 is 5.32 Å². The Bertz CT molecular complexity index is 1010. The van der Waals surface area contributed by atoms with Crippen LogP contribution in [-0.2, 0) is 4.79 Å². The van der Waals surface area contributed by atoms with Crippen LogP contribution >= 0.6 is 22.9 Å². The third kappa shape index (κ3) is 3.92. The smallest absolute Gasteiger partial charge is 0.283 e. The van der Waals surface area contributed by atoms with Crippen LogP contribution in [0.15, 0.2) is 53.6 Å². The highest BCUT2D eigenvalue weighted by Gasteiger charge is 2.16. The molecule has 2 aromatic carbocycles. The fourth-order valence-corrected chi connectivity index (χ4v) is 3.81. The summed E-state index contributed by atoms with van der Waals surface area (Å²) >= 11 is 7.64. The lowest BCUT2D eigenvalue weighted by molar-refractivity contribution is -0.114. The van der Waals surface area contributed by atoms with Crippen molar-refractivity contribution in [2.75, 3.05) is 5.32 Å². The zero-order valence-corrected chi connectivity index (χ0v) is 15.7. The molecule has 0 aliphatic heterocycles. The van der Waals surface area contributed by atoms with Gasteiger partial charge in [0.05, 0.1) is 10.7 Å². The predicted molar refractivity (Wildman–Crippen MR) is 107 cm³/mol. The minimum atomic E-state index is -0.342. The summed E-state index contributed by atoms with van der Waals surface area (Å²) in [5, 5.41) is 8.15. The van der Waals surface area contributed by atoms with E-state index in [0.29, 0.717) is 21.3 Å². The number of hydrazone groups is 1. The van der Waals surface area contributed by atoms with Crippen molar-refractivity contribution in [1.29, 1.82) is 0 Å². The van der Waals surface area contributed by atoms with Crippen molar-refractivity contribution in [3.63, 3.8) is 0 Å². The number of fused-ring (bicyclic) bond motifs is 1. The molecule has 0 aliphatic rings. The van der Waals surface area contributed by atoms with E-state index in [1.165, 1.54) is 18.3 Å². The molecule has 0 unspecified atom stereocenters. The van der Waals surface area contributed by atoms with Crippen LogP contribution < -0.4 is 10.7 Å². The quantitative estimate of drug-likeness (QED) is 0.506. The molecule has 26 heavy (non-hydrogen) atoms. The Hall–Kier alpha value is -2.70. The van der Waals surface area contributed by atoms with E-state index in [2.05, 4.69) is 15.8 Å². The number of nitrogens with one attached hydrogen (secondary N) is 2. The van der Waals surface area contributed by atoms with E-state index in [9.17, 15) is 9.59 Å². The summed E-state index contributed by atoms with van der Waals surface area (Å²) in [6.07, 6.45) is 0. The second-order valence-electron chi connectivity index (χ2n) is 5.64. The second kappa shape index (κ2) is 7.68. The first kappa shape index (κ1) is 18.1. The SMILES string of the molecule is CC(=O)Nc1ccc(/C(C)=N\NC(=O)c2sc3ccccc3c2Cl)cc1. The summed E-state index contributed by atoms with van der Waals surface area (Å²) in [4.78, 5) is 23.9. The summed E-state index contributed by atoms with van der Waals surface area (Å²) in [5.74, 6) is -0.471. The minimum Gasteiger partial charge on any atom is -0.326 e. The number of thiophene rings is 1. The Kier molecular flexibility index (Phi) is 5.35.